The highest BCUT2D eigenvalue weighted by Gasteiger charge is 1.97. The first-order valence-corrected chi connectivity index (χ1v) is 4.97. The Hall–Kier alpha value is -1.13. The molecule has 1 amide bonds. The lowest BCUT2D eigenvalue weighted by atomic mass is 10.4. The van der Waals surface area contributed by atoms with Crippen molar-refractivity contribution in [1.29, 1.82) is 0 Å². The summed E-state index contributed by atoms with van der Waals surface area (Å²) in [6.07, 6.45) is 1.71. The average molecular weight is 212 g/mol. The molecule has 0 radical (unpaired) electrons. The molecule has 0 spiro atoms. The summed E-state index contributed by atoms with van der Waals surface area (Å²) in [6.45, 7) is 11.7. The first-order chi connectivity index (χ1) is 7.16. The van der Waals surface area contributed by atoms with Gasteiger partial charge in [-0.2, -0.15) is 0 Å². The molecule has 0 bridgehead atoms. The van der Waals surface area contributed by atoms with Crippen LogP contribution in [-0.4, -0.2) is 38.8 Å². The lowest BCUT2D eigenvalue weighted by Crippen LogP contribution is -2.35. The van der Waals surface area contributed by atoms with Gasteiger partial charge in [0.05, 0.1) is 19.8 Å². The predicted molar refractivity (Wildman–Crippen MR) is 61.7 cm³/mol. The van der Waals surface area contributed by atoms with E-state index < -0.39 is 0 Å². The van der Waals surface area contributed by atoms with Gasteiger partial charge in [-0.1, -0.05) is 18.2 Å². The molecule has 0 atom stereocenters. The largest absolute Gasteiger partial charge is 0.375 e. The molecule has 0 aromatic rings. The molecule has 4 nitrogen and oxygen atoms in total. The van der Waals surface area contributed by atoms with Crippen LogP contribution in [0.25, 0.3) is 0 Å². The zero-order valence-corrected chi connectivity index (χ0v) is 9.34. The third-order valence-electron chi connectivity index (χ3n) is 1.49. The Morgan fingerprint density at radius 3 is 2.87 bits per heavy atom. The molecule has 0 aliphatic heterocycles. The van der Waals surface area contributed by atoms with Crippen LogP contribution < -0.4 is 10.6 Å². The van der Waals surface area contributed by atoms with Crippen molar-refractivity contribution >= 4 is 5.91 Å². The van der Waals surface area contributed by atoms with Gasteiger partial charge in [0.15, 0.2) is 0 Å². The van der Waals surface area contributed by atoms with Crippen LogP contribution in [0.15, 0.2) is 24.8 Å². The molecule has 86 valence electrons. The van der Waals surface area contributed by atoms with Gasteiger partial charge in [-0.15, -0.1) is 6.58 Å². The van der Waals surface area contributed by atoms with Crippen LogP contribution in [-0.2, 0) is 9.53 Å². The summed E-state index contributed by atoms with van der Waals surface area (Å²) in [6, 6.07) is 0. The number of carbonyl (C=O) groups is 1. The normalized spacial score (nSPS) is 9.67. The van der Waals surface area contributed by atoms with Crippen LogP contribution in [0, 0.1) is 0 Å². The second-order valence-corrected chi connectivity index (χ2v) is 3.28. The summed E-state index contributed by atoms with van der Waals surface area (Å²) in [5.74, 6) is -0.0317. The number of hydrogen-bond donors (Lipinski definition) is 2. The molecular weight excluding hydrogens is 192 g/mol. The summed E-state index contributed by atoms with van der Waals surface area (Å²) < 4.78 is 5.22. The fourth-order valence-corrected chi connectivity index (χ4v) is 0.859. The molecule has 0 aromatic carbocycles. The Morgan fingerprint density at radius 2 is 2.27 bits per heavy atom. The molecule has 0 heterocycles. The summed E-state index contributed by atoms with van der Waals surface area (Å²) in [4.78, 5) is 11.1. The van der Waals surface area contributed by atoms with E-state index in [4.69, 9.17) is 4.74 Å². The number of ether oxygens (including phenoxy) is 1. The summed E-state index contributed by atoms with van der Waals surface area (Å²) in [7, 11) is 0. The van der Waals surface area contributed by atoms with E-state index in [2.05, 4.69) is 23.8 Å². The first-order valence-electron chi connectivity index (χ1n) is 4.97. The Balaban J connectivity index is 3.23. The minimum absolute atomic E-state index is 0.0317. The Labute approximate surface area is 91.4 Å². The number of carbonyl (C=O) groups excluding carboxylic acids is 1. The lowest BCUT2D eigenvalue weighted by Gasteiger charge is -2.06. The maximum absolute atomic E-state index is 11.1. The fourth-order valence-electron chi connectivity index (χ4n) is 0.859. The SMILES string of the molecule is C=CCNCC(=O)NCCOCC(=C)C. The molecule has 15 heavy (non-hydrogen) atoms. The van der Waals surface area contributed by atoms with E-state index >= 15 is 0 Å². The Morgan fingerprint density at radius 1 is 1.53 bits per heavy atom. The van der Waals surface area contributed by atoms with Crippen molar-refractivity contribution in [3.05, 3.63) is 24.8 Å². The fraction of sp³-hybridized carbons (Fsp3) is 0.545. The van der Waals surface area contributed by atoms with Gasteiger partial charge >= 0.3 is 0 Å². The van der Waals surface area contributed by atoms with Crippen molar-refractivity contribution < 1.29 is 9.53 Å². The average Bonchev–Trinajstić information content (AvgIpc) is 2.17. The van der Waals surface area contributed by atoms with Gasteiger partial charge < -0.3 is 15.4 Å². The molecule has 0 unspecified atom stereocenters. The number of amides is 1. The maximum Gasteiger partial charge on any atom is 0.234 e. The van der Waals surface area contributed by atoms with Crippen molar-refractivity contribution in [2.24, 2.45) is 0 Å². The van der Waals surface area contributed by atoms with Crippen molar-refractivity contribution in [3.63, 3.8) is 0 Å². The molecule has 4 heteroatoms. The zero-order chi connectivity index (χ0) is 11.5. The maximum atomic E-state index is 11.1. The molecule has 0 aliphatic carbocycles. The lowest BCUT2D eigenvalue weighted by molar-refractivity contribution is -0.120. The standard InChI is InChI=1S/C11H20N2O2/c1-4-5-12-8-11(14)13-6-7-15-9-10(2)3/h4,12H,1-2,5-9H2,3H3,(H,13,14). The summed E-state index contributed by atoms with van der Waals surface area (Å²) >= 11 is 0. The van der Waals surface area contributed by atoms with Crippen LogP contribution in [0.2, 0.25) is 0 Å². The molecule has 2 N–H and O–H groups in total. The van der Waals surface area contributed by atoms with E-state index in [1.807, 2.05) is 6.92 Å². The molecule has 0 saturated heterocycles. The van der Waals surface area contributed by atoms with Gasteiger partial charge in [0, 0.05) is 13.1 Å². The number of rotatable bonds is 9. The van der Waals surface area contributed by atoms with Crippen LogP contribution in [0.4, 0.5) is 0 Å². The molecule has 0 fully saturated rings. The van der Waals surface area contributed by atoms with E-state index in [-0.39, 0.29) is 5.91 Å². The third kappa shape index (κ3) is 10.8. The highest BCUT2D eigenvalue weighted by atomic mass is 16.5. The van der Waals surface area contributed by atoms with Crippen LogP contribution >= 0.6 is 0 Å². The summed E-state index contributed by atoms with van der Waals surface area (Å²) in [5, 5.41) is 5.63. The van der Waals surface area contributed by atoms with Gasteiger partial charge in [0.25, 0.3) is 0 Å². The van der Waals surface area contributed by atoms with Gasteiger partial charge in [-0.3, -0.25) is 4.79 Å². The van der Waals surface area contributed by atoms with Gasteiger partial charge in [-0.25, -0.2) is 0 Å². The smallest absolute Gasteiger partial charge is 0.234 e. The van der Waals surface area contributed by atoms with E-state index in [0.29, 0.717) is 32.8 Å². The minimum Gasteiger partial charge on any atom is -0.375 e. The van der Waals surface area contributed by atoms with Crippen molar-refractivity contribution in [2.45, 2.75) is 6.92 Å². The highest BCUT2D eigenvalue weighted by Crippen LogP contribution is 1.86. The Bertz CT molecular complexity index is 215. The summed E-state index contributed by atoms with van der Waals surface area (Å²) in [5.41, 5.74) is 0.981. The topological polar surface area (TPSA) is 50.4 Å². The quantitative estimate of drug-likeness (QED) is 0.431. The first kappa shape index (κ1) is 13.9. The Kier molecular flexibility index (Phi) is 8.72. The van der Waals surface area contributed by atoms with Crippen molar-refractivity contribution in [1.82, 2.24) is 10.6 Å². The van der Waals surface area contributed by atoms with E-state index in [1.54, 1.807) is 6.08 Å². The number of nitrogens with one attached hydrogen (secondary N) is 2. The monoisotopic (exact) mass is 212 g/mol. The molecular formula is C11H20N2O2. The molecule has 0 rings (SSSR count). The zero-order valence-electron chi connectivity index (χ0n) is 9.34. The van der Waals surface area contributed by atoms with Crippen LogP contribution in [0.1, 0.15) is 6.92 Å². The van der Waals surface area contributed by atoms with Crippen molar-refractivity contribution in [3.8, 4) is 0 Å². The second-order valence-electron chi connectivity index (χ2n) is 3.28. The predicted octanol–water partition coefficient (Wildman–Crippen LogP) is 0.471. The third-order valence-corrected chi connectivity index (χ3v) is 1.49. The van der Waals surface area contributed by atoms with Crippen LogP contribution in [0.5, 0.6) is 0 Å². The molecule has 0 aromatic heterocycles. The van der Waals surface area contributed by atoms with Gasteiger partial charge in [-0.05, 0) is 6.92 Å². The molecule has 0 saturated carbocycles. The van der Waals surface area contributed by atoms with Crippen molar-refractivity contribution in [2.75, 3.05) is 32.8 Å². The van der Waals surface area contributed by atoms with E-state index in [9.17, 15) is 4.79 Å². The minimum atomic E-state index is -0.0317. The van der Waals surface area contributed by atoms with E-state index in [1.165, 1.54) is 0 Å². The van der Waals surface area contributed by atoms with Gasteiger partial charge in [0.1, 0.15) is 0 Å². The number of hydrogen-bond acceptors (Lipinski definition) is 3. The van der Waals surface area contributed by atoms with Crippen LogP contribution in [0.3, 0.4) is 0 Å². The highest BCUT2D eigenvalue weighted by molar-refractivity contribution is 5.77. The second kappa shape index (κ2) is 9.43. The van der Waals surface area contributed by atoms with E-state index in [0.717, 1.165) is 5.57 Å². The van der Waals surface area contributed by atoms with Gasteiger partial charge in [0.2, 0.25) is 5.91 Å². The molecule has 0 aliphatic rings.